The van der Waals surface area contributed by atoms with E-state index in [9.17, 15) is 0 Å². The molecule has 18 heavy (non-hydrogen) atoms. The van der Waals surface area contributed by atoms with Crippen molar-refractivity contribution in [3.05, 3.63) is 30.3 Å². The van der Waals surface area contributed by atoms with Gasteiger partial charge in [-0.05, 0) is 12.1 Å². The fourth-order valence-electron chi connectivity index (χ4n) is 0.826. The van der Waals surface area contributed by atoms with Crippen molar-refractivity contribution in [3.8, 4) is 0 Å². The van der Waals surface area contributed by atoms with Crippen molar-refractivity contribution in [1.29, 1.82) is 0 Å². The molecule has 0 unspecified atom stereocenters. The van der Waals surface area contributed by atoms with Crippen molar-refractivity contribution in [2.24, 2.45) is 16.5 Å². The van der Waals surface area contributed by atoms with Crippen LogP contribution in [0.4, 0.5) is 5.69 Å². The molecule has 0 fully saturated rings. The molecule has 0 radical (unpaired) electrons. The van der Waals surface area contributed by atoms with Gasteiger partial charge in [-0.2, -0.15) is 8.42 Å². The number of amidine groups is 1. The SMILES string of the molecule is NCCSC(N)=Nc1ccccc1.O=S(=O)(O)O. The predicted molar refractivity (Wildman–Crippen MR) is 73.4 cm³/mol. The van der Waals surface area contributed by atoms with Gasteiger partial charge in [0.1, 0.15) is 0 Å². The lowest BCUT2D eigenvalue weighted by Crippen LogP contribution is -2.10. The quantitative estimate of drug-likeness (QED) is 0.365. The summed E-state index contributed by atoms with van der Waals surface area (Å²) in [4.78, 5) is 4.20. The molecule has 0 heterocycles. The van der Waals surface area contributed by atoms with Gasteiger partial charge in [-0.15, -0.1) is 0 Å². The third-order valence-corrected chi connectivity index (χ3v) is 2.19. The summed E-state index contributed by atoms with van der Waals surface area (Å²) >= 11 is 1.47. The summed E-state index contributed by atoms with van der Waals surface area (Å²) in [6.45, 7) is 0.621. The highest BCUT2D eigenvalue weighted by molar-refractivity contribution is 8.13. The second-order valence-electron chi connectivity index (χ2n) is 2.87. The Bertz CT molecular complexity index is 454. The van der Waals surface area contributed by atoms with Crippen molar-refractivity contribution in [2.45, 2.75) is 0 Å². The lowest BCUT2D eigenvalue weighted by atomic mass is 10.3. The van der Waals surface area contributed by atoms with Gasteiger partial charge in [0.15, 0.2) is 5.17 Å². The molecule has 0 aliphatic rings. The minimum absolute atomic E-state index is 0.566. The molecule has 1 aromatic rings. The third-order valence-electron chi connectivity index (χ3n) is 1.36. The molecule has 6 N–H and O–H groups in total. The van der Waals surface area contributed by atoms with Gasteiger partial charge >= 0.3 is 10.4 Å². The molecule has 0 amide bonds. The molecule has 102 valence electrons. The monoisotopic (exact) mass is 293 g/mol. The van der Waals surface area contributed by atoms with E-state index in [-0.39, 0.29) is 0 Å². The number of para-hydroxylation sites is 1. The number of nitrogens with two attached hydrogens (primary N) is 2. The Labute approximate surface area is 110 Å². The van der Waals surface area contributed by atoms with Gasteiger partial charge in [0.05, 0.1) is 5.69 Å². The predicted octanol–water partition coefficient (Wildman–Crippen LogP) is 0.672. The lowest BCUT2D eigenvalue weighted by molar-refractivity contribution is 0.381. The number of thioether (sulfide) groups is 1. The van der Waals surface area contributed by atoms with Gasteiger partial charge in [0.2, 0.25) is 0 Å². The molecule has 1 rings (SSSR count). The summed E-state index contributed by atoms with van der Waals surface area (Å²) in [6, 6.07) is 9.63. The second-order valence-corrected chi connectivity index (χ2v) is 4.88. The molecule has 0 aromatic heterocycles. The van der Waals surface area contributed by atoms with Crippen LogP contribution in [0.5, 0.6) is 0 Å². The fraction of sp³-hybridized carbons (Fsp3) is 0.222. The molecular weight excluding hydrogens is 278 g/mol. The van der Waals surface area contributed by atoms with Crippen LogP contribution in [0.15, 0.2) is 35.3 Å². The summed E-state index contributed by atoms with van der Waals surface area (Å²) in [7, 11) is -4.67. The van der Waals surface area contributed by atoms with E-state index in [1.54, 1.807) is 0 Å². The Hall–Kier alpha value is -1.13. The van der Waals surface area contributed by atoms with Crippen molar-refractivity contribution in [3.63, 3.8) is 0 Å². The van der Waals surface area contributed by atoms with Crippen LogP contribution < -0.4 is 11.5 Å². The van der Waals surface area contributed by atoms with Crippen LogP contribution >= 0.6 is 11.8 Å². The van der Waals surface area contributed by atoms with Crippen LogP contribution in [0.3, 0.4) is 0 Å². The van der Waals surface area contributed by atoms with Crippen LogP contribution in [-0.2, 0) is 10.4 Å². The van der Waals surface area contributed by atoms with E-state index < -0.39 is 10.4 Å². The number of aliphatic imine (C=N–C) groups is 1. The molecule has 0 atom stereocenters. The Morgan fingerprint density at radius 1 is 1.28 bits per heavy atom. The molecule has 7 nitrogen and oxygen atoms in total. The fourth-order valence-corrected chi connectivity index (χ4v) is 1.32. The Morgan fingerprint density at radius 3 is 2.22 bits per heavy atom. The van der Waals surface area contributed by atoms with Crippen molar-refractivity contribution in [1.82, 2.24) is 0 Å². The summed E-state index contributed by atoms with van der Waals surface area (Å²) in [5, 5.41) is 0.566. The third kappa shape index (κ3) is 12.9. The van der Waals surface area contributed by atoms with E-state index in [0.29, 0.717) is 11.7 Å². The Kier molecular flexibility index (Phi) is 8.33. The Balaban J connectivity index is 0.000000494. The van der Waals surface area contributed by atoms with Gasteiger partial charge in [0.25, 0.3) is 0 Å². The van der Waals surface area contributed by atoms with Gasteiger partial charge in [-0.3, -0.25) is 9.11 Å². The minimum Gasteiger partial charge on any atom is -0.378 e. The number of nitrogens with zero attached hydrogens (tertiary/aromatic N) is 1. The van der Waals surface area contributed by atoms with Crippen LogP contribution in [-0.4, -0.2) is 35.0 Å². The molecule has 0 aliphatic heterocycles. The minimum atomic E-state index is -4.67. The average molecular weight is 293 g/mol. The van der Waals surface area contributed by atoms with Crippen LogP contribution in [0.2, 0.25) is 0 Å². The Morgan fingerprint density at radius 2 is 1.78 bits per heavy atom. The van der Waals surface area contributed by atoms with Gasteiger partial charge in [0, 0.05) is 12.3 Å². The maximum Gasteiger partial charge on any atom is 0.394 e. The largest absolute Gasteiger partial charge is 0.394 e. The molecule has 0 aliphatic carbocycles. The van der Waals surface area contributed by atoms with Crippen LogP contribution in [0.1, 0.15) is 0 Å². The van der Waals surface area contributed by atoms with Gasteiger partial charge < -0.3 is 11.5 Å². The summed E-state index contributed by atoms with van der Waals surface area (Å²) < 4.78 is 31.6. The topological polar surface area (TPSA) is 139 Å². The van der Waals surface area contributed by atoms with Crippen molar-refractivity contribution >= 4 is 33.0 Å². The maximum atomic E-state index is 8.74. The zero-order valence-corrected chi connectivity index (χ0v) is 11.1. The van der Waals surface area contributed by atoms with Gasteiger partial charge in [-0.1, -0.05) is 30.0 Å². The smallest absolute Gasteiger partial charge is 0.378 e. The molecule has 0 saturated carbocycles. The summed E-state index contributed by atoms with van der Waals surface area (Å²) in [5.41, 5.74) is 11.9. The highest BCUT2D eigenvalue weighted by atomic mass is 32.3. The first-order valence-electron chi connectivity index (χ1n) is 4.75. The first-order valence-corrected chi connectivity index (χ1v) is 7.13. The lowest BCUT2D eigenvalue weighted by Gasteiger charge is -1.98. The van der Waals surface area contributed by atoms with Crippen molar-refractivity contribution in [2.75, 3.05) is 12.3 Å². The zero-order chi connectivity index (χ0) is 14.0. The molecular formula is C9H15N3O4S2. The number of rotatable bonds is 3. The molecule has 0 bridgehead atoms. The number of hydrogen-bond acceptors (Lipinski definition) is 5. The first kappa shape index (κ1) is 16.9. The number of hydrogen-bond donors (Lipinski definition) is 4. The van der Waals surface area contributed by atoms with E-state index in [1.165, 1.54) is 11.8 Å². The summed E-state index contributed by atoms with van der Waals surface area (Å²) in [5.74, 6) is 0.808. The molecule has 0 spiro atoms. The molecule has 9 heteroatoms. The molecule has 0 saturated heterocycles. The summed E-state index contributed by atoms with van der Waals surface area (Å²) in [6.07, 6.45) is 0. The average Bonchev–Trinajstić information content (AvgIpc) is 2.25. The highest BCUT2D eigenvalue weighted by Gasteiger charge is 1.92. The second kappa shape index (κ2) is 8.89. The standard InChI is InChI=1S/C9H13N3S.H2O4S/c10-6-7-13-9(11)12-8-4-2-1-3-5-8;1-5(2,3)4/h1-5H,6-7,10H2,(H2,11,12);(H2,1,2,3,4). The van der Waals surface area contributed by atoms with Gasteiger partial charge in [-0.25, -0.2) is 4.99 Å². The van der Waals surface area contributed by atoms with E-state index in [2.05, 4.69) is 4.99 Å². The zero-order valence-electron chi connectivity index (χ0n) is 9.43. The van der Waals surface area contributed by atoms with E-state index in [0.717, 1.165) is 11.4 Å². The maximum absolute atomic E-state index is 8.74. The highest BCUT2D eigenvalue weighted by Crippen LogP contribution is 2.12. The van der Waals surface area contributed by atoms with Crippen LogP contribution in [0.25, 0.3) is 0 Å². The van der Waals surface area contributed by atoms with Crippen molar-refractivity contribution < 1.29 is 17.5 Å². The molecule has 1 aromatic carbocycles. The normalized spacial score (nSPS) is 11.6. The van der Waals surface area contributed by atoms with E-state index in [1.807, 2.05) is 30.3 Å². The van der Waals surface area contributed by atoms with E-state index in [4.69, 9.17) is 29.0 Å². The van der Waals surface area contributed by atoms with Crippen LogP contribution in [0, 0.1) is 0 Å². The van der Waals surface area contributed by atoms with E-state index >= 15 is 0 Å². The number of benzene rings is 1. The first-order chi connectivity index (χ1) is 8.33.